The number of aromatic nitrogens is 1. The lowest BCUT2D eigenvalue weighted by molar-refractivity contribution is 1.40. The lowest BCUT2D eigenvalue weighted by atomic mass is 10.1. The smallest absolute Gasteiger partial charge is 0.0743 e. The van der Waals surface area contributed by atoms with Crippen LogP contribution in [0.1, 0.15) is 0 Å². The third-order valence-corrected chi connectivity index (χ3v) is 3.89. The molecule has 1 aromatic heterocycles. The van der Waals surface area contributed by atoms with Crippen LogP contribution < -0.4 is 11.1 Å². The van der Waals surface area contributed by atoms with Gasteiger partial charge in [0.05, 0.1) is 11.2 Å². The summed E-state index contributed by atoms with van der Waals surface area (Å²) in [6.45, 7) is 0. The van der Waals surface area contributed by atoms with Crippen molar-refractivity contribution in [2.24, 2.45) is 0 Å². The molecule has 0 aliphatic rings. The molecule has 1 heterocycles. The van der Waals surface area contributed by atoms with E-state index in [0.29, 0.717) is 10.7 Å². The molecule has 5 heteroatoms. The van der Waals surface area contributed by atoms with Crippen molar-refractivity contribution in [1.29, 1.82) is 0 Å². The Morgan fingerprint density at radius 1 is 1.05 bits per heavy atom. The molecule has 0 aliphatic carbocycles. The van der Waals surface area contributed by atoms with Gasteiger partial charge in [-0.05, 0) is 58.4 Å². The molecular weight excluding hydrogens is 338 g/mol. The molecule has 0 unspecified atom stereocenters. The zero-order valence-corrected chi connectivity index (χ0v) is 12.7. The molecule has 100 valence electrons. The van der Waals surface area contributed by atoms with Crippen molar-refractivity contribution in [1.82, 2.24) is 4.98 Å². The number of halogens is 2. The van der Waals surface area contributed by atoms with Gasteiger partial charge in [0.25, 0.3) is 0 Å². The first-order valence-corrected chi connectivity index (χ1v) is 7.17. The number of nitrogen functional groups attached to an aromatic ring is 1. The summed E-state index contributed by atoms with van der Waals surface area (Å²) < 4.78 is 0.947. The monoisotopic (exact) mass is 347 g/mol. The first kappa shape index (κ1) is 13.2. The number of nitrogens with two attached hydrogens (primary N) is 1. The number of pyridine rings is 1. The van der Waals surface area contributed by atoms with Gasteiger partial charge in [-0.1, -0.05) is 11.6 Å². The summed E-state index contributed by atoms with van der Waals surface area (Å²) in [5, 5.41) is 5.05. The van der Waals surface area contributed by atoms with E-state index in [4.69, 9.17) is 17.3 Å². The van der Waals surface area contributed by atoms with Crippen LogP contribution in [0.3, 0.4) is 0 Å². The molecule has 3 aromatic rings. The predicted molar refractivity (Wildman–Crippen MR) is 88.6 cm³/mol. The van der Waals surface area contributed by atoms with Crippen LogP contribution in [-0.4, -0.2) is 4.98 Å². The summed E-state index contributed by atoms with van der Waals surface area (Å²) in [5.41, 5.74) is 9.20. The summed E-state index contributed by atoms with van der Waals surface area (Å²) in [6, 6.07) is 13.2. The number of nitrogens with zero attached hydrogens (tertiary/aromatic N) is 1. The van der Waals surface area contributed by atoms with E-state index in [9.17, 15) is 0 Å². The molecule has 2 aromatic carbocycles. The number of benzene rings is 2. The maximum atomic E-state index is 6.03. The summed E-state index contributed by atoms with van der Waals surface area (Å²) in [7, 11) is 0. The van der Waals surface area contributed by atoms with Gasteiger partial charge in [0, 0.05) is 32.5 Å². The highest BCUT2D eigenvalue weighted by Gasteiger charge is 2.06. The lowest BCUT2D eigenvalue weighted by Crippen LogP contribution is -1.94. The van der Waals surface area contributed by atoms with Gasteiger partial charge in [-0.15, -0.1) is 0 Å². The van der Waals surface area contributed by atoms with E-state index < -0.39 is 0 Å². The van der Waals surface area contributed by atoms with Crippen molar-refractivity contribution in [2.45, 2.75) is 0 Å². The second kappa shape index (κ2) is 5.31. The number of anilines is 3. The minimum absolute atomic E-state index is 0.679. The van der Waals surface area contributed by atoms with Crippen molar-refractivity contribution >= 4 is 55.5 Å². The van der Waals surface area contributed by atoms with Crippen LogP contribution in [-0.2, 0) is 0 Å². The highest BCUT2D eigenvalue weighted by atomic mass is 79.9. The van der Waals surface area contributed by atoms with Crippen LogP contribution in [0.15, 0.2) is 53.1 Å². The van der Waals surface area contributed by atoms with Crippen LogP contribution in [0.2, 0.25) is 5.02 Å². The Kier molecular flexibility index (Phi) is 3.51. The van der Waals surface area contributed by atoms with Crippen LogP contribution in [0.4, 0.5) is 17.1 Å². The second-order valence-electron chi connectivity index (χ2n) is 4.38. The van der Waals surface area contributed by atoms with Gasteiger partial charge in [0.2, 0.25) is 0 Å². The number of hydrogen-bond donors (Lipinski definition) is 2. The van der Waals surface area contributed by atoms with Crippen LogP contribution >= 0.6 is 27.5 Å². The third kappa shape index (κ3) is 2.57. The van der Waals surface area contributed by atoms with E-state index in [1.807, 2.05) is 42.5 Å². The highest BCUT2D eigenvalue weighted by Crippen LogP contribution is 2.31. The molecular formula is C15H11BrClN3. The Hall–Kier alpha value is -1.78. The lowest BCUT2D eigenvalue weighted by Gasteiger charge is -2.11. The standard InChI is InChI=1S/C15H11BrClN3/c16-12-4-1-9(17)7-15(12)20-13-5-6-19-14-8-10(18)2-3-11(13)14/h1-8H,18H2,(H,19,20). The number of hydrogen-bond acceptors (Lipinski definition) is 3. The number of fused-ring (bicyclic) bond motifs is 1. The zero-order valence-electron chi connectivity index (χ0n) is 10.4. The van der Waals surface area contributed by atoms with E-state index in [0.717, 1.165) is 26.8 Å². The van der Waals surface area contributed by atoms with Crippen molar-refractivity contribution in [3.63, 3.8) is 0 Å². The van der Waals surface area contributed by atoms with Crippen molar-refractivity contribution in [2.75, 3.05) is 11.1 Å². The van der Waals surface area contributed by atoms with Gasteiger partial charge in [0.15, 0.2) is 0 Å². The van der Waals surface area contributed by atoms with E-state index in [2.05, 4.69) is 26.2 Å². The number of rotatable bonds is 2. The fraction of sp³-hybridized carbons (Fsp3) is 0. The second-order valence-corrected chi connectivity index (χ2v) is 5.68. The highest BCUT2D eigenvalue weighted by molar-refractivity contribution is 9.10. The molecule has 0 aliphatic heterocycles. The zero-order chi connectivity index (χ0) is 14.1. The maximum Gasteiger partial charge on any atom is 0.0743 e. The van der Waals surface area contributed by atoms with Gasteiger partial charge in [-0.2, -0.15) is 0 Å². The van der Waals surface area contributed by atoms with Crippen molar-refractivity contribution < 1.29 is 0 Å². The molecule has 0 bridgehead atoms. The summed E-state index contributed by atoms with van der Waals surface area (Å²) in [4.78, 5) is 4.33. The van der Waals surface area contributed by atoms with Crippen LogP contribution in [0, 0.1) is 0 Å². The summed E-state index contributed by atoms with van der Waals surface area (Å²) in [6.07, 6.45) is 1.75. The molecule has 3 rings (SSSR count). The molecule has 0 fully saturated rings. The molecule has 0 atom stereocenters. The van der Waals surface area contributed by atoms with Crippen LogP contribution in [0.5, 0.6) is 0 Å². The Labute approximate surface area is 129 Å². The molecule has 0 saturated carbocycles. The van der Waals surface area contributed by atoms with E-state index >= 15 is 0 Å². The van der Waals surface area contributed by atoms with Crippen LogP contribution in [0.25, 0.3) is 10.9 Å². The minimum Gasteiger partial charge on any atom is -0.399 e. The van der Waals surface area contributed by atoms with Gasteiger partial charge in [0.1, 0.15) is 0 Å². The summed E-state index contributed by atoms with van der Waals surface area (Å²) >= 11 is 9.54. The SMILES string of the molecule is Nc1ccc2c(Nc3cc(Cl)ccc3Br)ccnc2c1. The maximum absolute atomic E-state index is 6.03. The Morgan fingerprint density at radius 3 is 2.75 bits per heavy atom. The molecule has 0 spiro atoms. The van der Waals surface area contributed by atoms with Gasteiger partial charge < -0.3 is 11.1 Å². The Balaban J connectivity index is 2.09. The van der Waals surface area contributed by atoms with E-state index in [1.54, 1.807) is 6.20 Å². The first-order chi connectivity index (χ1) is 9.63. The number of nitrogens with one attached hydrogen (secondary N) is 1. The Bertz CT molecular complexity index is 789. The van der Waals surface area contributed by atoms with E-state index in [1.165, 1.54) is 0 Å². The molecule has 3 N–H and O–H groups in total. The Morgan fingerprint density at radius 2 is 1.90 bits per heavy atom. The fourth-order valence-electron chi connectivity index (χ4n) is 2.01. The first-order valence-electron chi connectivity index (χ1n) is 6.00. The normalized spacial score (nSPS) is 10.7. The topological polar surface area (TPSA) is 50.9 Å². The van der Waals surface area contributed by atoms with Crippen molar-refractivity contribution in [3.05, 3.63) is 58.2 Å². The average molecular weight is 349 g/mol. The molecule has 20 heavy (non-hydrogen) atoms. The average Bonchev–Trinajstić information content (AvgIpc) is 2.43. The molecule has 0 amide bonds. The predicted octanol–water partition coefficient (Wildman–Crippen LogP) is 4.98. The quantitative estimate of drug-likeness (QED) is 0.642. The van der Waals surface area contributed by atoms with Crippen molar-refractivity contribution in [3.8, 4) is 0 Å². The van der Waals surface area contributed by atoms with Gasteiger partial charge in [-0.25, -0.2) is 0 Å². The van der Waals surface area contributed by atoms with E-state index in [-0.39, 0.29) is 0 Å². The third-order valence-electron chi connectivity index (χ3n) is 2.96. The van der Waals surface area contributed by atoms with Gasteiger partial charge in [-0.3, -0.25) is 4.98 Å². The van der Waals surface area contributed by atoms with Gasteiger partial charge >= 0.3 is 0 Å². The largest absolute Gasteiger partial charge is 0.399 e. The molecule has 0 saturated heterocycles. The molecule has 3 nitrogen and oxygen atoms in total. The minimum atomic E-state index is 0.679. The summed E-state index contributed by atoms with van der Waals surface area (Å²) in [5.74, 6) is 0. The fourth-order valence-corrected chi connectivity index (χ4v) is 2.53. The molecule has 0 radical (unpaired) electrons.